The van der Waals surface area contributed by atoms with Gasteiger partial charge >= 0.3 is 0 Å². The van der Waals surface area contributed by atoms with Gasteiger partial charge < -0.3 is 15.1 Å². The third-order valence-electron chi connectivity index (χ3n) is 6.93. The quantitative estimate of drug-likeness (QED) is 0.619. The summed E-state index contributed by atoms with van der Waals surface area (Å²) in [5, 5.41) is 12.0. The summed E-state index contributed by atoms with van der Waals surface area (Å²) in [6, 6.07) is 8.37. The maximum absolute atomic E-state index is 12.9. The molecular weight excluding hydrogens is 472 g/mol. The fourth-order valence-corrected chi connectivity index (χ4v) is 4.70. The van der Waals surface area contributed by atoms with Gasteiger partial charge in [0.2, 0.25) is 17.7 Å². The van der Waals surface area contributed by atoms with Gasteiger partial charge in [-0.1, -0.05) is 41.9 Å². The molecule has 7 nitrogen and oxygen atoms in total. The minimum absolute atomic E-state index is 0.0216. The molecule has 3 amide bonds. The largest absolute Gasteiger partial charge is 0.346 e. The average molecular weight is 503 g/mol. The zero-order valence-corrected chi connectivity index (χ0v) is 20.6. The van der Waals surface area contributed by atoms with Crippen molar-refractivity contribution in [2.24, 2.45) is 11.3 Å². The van der Waals surface area contributed by atoms with Crippen LogP contribution in [-0.2, 0) is 14.4 Å². The number of rotatable bonds is 7. The number of halogens is 1. The average Bonchev–Trinajstić information content (AvgIpc) is 3.61. The number of nitriles is 1. The molecule has 2 atom stereocenters. The second-order valence-corrected chi connectivity index (χ2v) is 9.60. The van der Waals surface area contributed by atoms with Crippen molar-refractivity contribution in [1.29, 1.82) is 5.26 Å². The first-order valence-electron chi connectivity index (χ1n) is 11.3. The number of nitrogens with zero attached hydrogens (tertiary/aromatic N) is 3. The van der Waals surface area contributed by atoms with Crippen molar-refractivity contribution in [1.82, 2.24) is 15.1 Å². The topological polar surface area (TPSA) is 93.5 Å². The Hall–Kier alpha value is -2.40. The van der Waals surface area contributed by atoms with Crippen molar-refractivity contribution >= 4 is 33.7 Å². The Labute approximate surface area is 198 Å². The second kappa shape index (κ2) is 10.0. The minimum Gasteiger partial charge on any atom is -0.346 e. The highest BCUT2D eigenvalue weighted by atomic mass is 79.9. The van der Waals surface area contributed by atoms with Gasteiger partial charge in [-0.3, -0.25) is 14.4 Å². The van der Waals surface area contributed by atoms with Crippen LogP contribution in [0, 0.1) is 29.6 Å². The Bertz CT molecular complexity index is 930. The van der Waals surface area contributed by atoms with Crippen molar-refractivity contribution in [3.05, 3.63) is 33.8 Å². The molecule has 3 rings (SSSR count). The molecule has 0 spiro atoms. The summed E-state index contributed by atoms with van der Waals surface area (Å²) in [5.74, 6) is -0.120. The van der Waals surface area contributed by atoms with E-state index in [0.29, 0.717) is 39.0 Å². The van der Waals surface area contributed by atoms with Crippen LogP contribution in [-0.4, -0.2) is 60.2 Å². The van der Waals surface area contributed by atoms with E-state index in [0.717, 1.165) is 10.9 Å². The predicted molar refractivity (Wildman–Crippen MR) is 125 cm³/mol. The van der Waals surface area contributed by atoms with Crippen LogP contribution in [0.2, 0.25) is 0 Å². The van der Waals surface area contributed by atoms with Crippen LogP contribution >= 0.6 is 15.9 Å². The zero-order chi connectivity index (χ0) is 23.5. The van der Waals surface area contributed by atoms with E-state index in [2.05, 4.69) is 45.5 Å². The van der Waals surface area contributed by atoms with Crippen molar-refractivity contribution in [2.45, 2.75) is 46.0 Å². The van der Waals surface area contributed by atoms with Gasteiger partial charge in [-0.05, 0) is 49.3 Å². The number of benzene rings is 1. The molecule has 2 fully saturated rings. The minimum atomic E-state index is -1.08. The van der Waals surface area contributed by atoms with Crippen LogP contribution in [0.15, 0.2) is 22.7 Å². The molecule has 1 N–H and O–H groups in total. The monoisotopic (exact) mass is 502 g/mol. The first-order valence-corrected chi connectivity index (χ1v) is 12.1. The molecule has 8 heteroatoms. The van der Waals surface area contributed by atoms with E-state index in [9.17, 15) is 19.6 Å². The van der Waals surface area contributed by atoms with E-state index in [1.807, 2.05) is 11.8 Å². The molecule has 0 unspecified atom stereocenters. The number of hydrogen-bond donors (Lipinski definition) is 1. The van der Waals surface area contributed by atoms with Crippen LogP contribution in [0.3, 0.4) is 0 Å². The van der Waals surface area contributed by atoms with Gasteiger partial charge in [0, 0.05) is 36.6 Å². The highest BCUT2D eigenvalue weighted by molar-refractivity contribution is 9.10. The Morgan fingerprint density at radius 2 is 1.78 bits per heavy atom. The molecule has 1 saturated carbocycles. The van der Waals surface area contributed by atoms with E-state index in [-0.39, 0.29) is 30.2 Å². The lowest BCUT2D eigenvalue weighted by molar-refractivity contribution is -0.140. The van der Waals surface area contributed by atoms with Crippen molar-refractivity contribution < 1.29 is 14.4 Å². The van der Waals surface area contributed by atoms with Crippen molar-refractivity contribution in [3.8, 4) is 6.07 Å². The van der Waals surface area contributed by atoms with E-state index in [1.165, 1.54) is 11.1 Å². The molecule has 1 heterocycles. The number of aryl methyl sites for hydroxylation is 1. The Kier molecular flexibility index (Phi) is 7.60. The molecule has 172 valence electrons. The molecule has 1 aliphatic carbocycles. The van der Waals surface area contributed by atoms with Crippen LogP contribution in [0.4, 0.5) is 0 Å². The molecule has 32 heavy (non-hydrogen) atoms. The standard InChI is InChI=1S/C24H31BrN4O3/c1-4-24(5-2,15-26)23(32)27-14-21(30)28-8-10-29(11-9-28)22(31)19-13-18(19)17-7-6-16(3)20(25)12-17/h6-7,12,18-19H,4-5,8-11,13-14H2,1-3H3,(H,27,32)/t18-,19+/m0/s1. The van der Waals surface area contributed by atoms with Crippen LogP contribution in [0.25, 0.3) is 0 Å². The molecule has 0 radical (unpaired) electrons. The normalized spacial score (nSPS) is 20.5. The third kappa shape index (κ3) is 4.98. The van der Waals surface area contributed by atoms with Gasteiger partial charge in [0.1, 0.15) is 5.41 Å². The number of carbonyl (C=O) groups is 3. The number of piperazine rings is 1. The predicted octanol–water partition coefficient (Wildman–Crippen LogP) is 2.98. The first-order chi connectivity index (χ1) is 15.3. The van der Waals surface area contributed by atoms with Crippen molar-refractivity contribution in [2.75, 3.05) is 32.7 Å². The summed E-state index contributed by atoms with van der Waals surface area (Å²) in [5.41, 5.74) is 1.29. The van der Waals surface area contributed by atoms with E-state index < -0.39 is 11.3 Å². The van der Waals surface area contributed by atoms with E-state index >= 15 is 0 Å². The van der Waals surface area contributed by atoms with E-state index in [1.54, 1.807) is 18.7 Å². The fraction of sp³-hybridized carbons (Fsp3) is 0.583. The smallest absolute Gasteiger partial charge is 0.242 e. The first kappa shape index (κ1) is 24.2. The molecule has 1 aromatic rings. The van der Waals surface area contributed by atoms with Crippen molar-refractivity contribution in [3.63, 3.8) is 0 Å². The van der Waals surface area contributed by atoms with Crippen LogP contribution in [0.1, 0.15) is 50.2 Å². The highest BCUT2D eigenvalue weighted by Crippen LogP contribution is 2.49. The van der Waals surface area contributed by atoms with Gasteiger partial charge in [0.15, 0.2) is 0 Å². The zero-order valence-electron chi connectivity index (χ0n) is 19.0. The molecule has 0 bridgehead atoms. The molecular formula is C24H31BrN4O3. The maximum atomic E-state index is 12.9. The van der Waals surface area contributed by atoms with E-state index in [4.69, 9.17) is 0 Å². The lowest BCUT2D eigenvalue weighted by Gasteiger charge is -2.35. The fourth-order valence-electron chi connectivity index (χ4n) is 4.30. The summed E-state index contributed by atoms with van der Waals surface area (Å²) >= 11 is 3.57. The number of amides is 3. The molecule has 1 aromatic carbocycles. The summed E-state index contributed by atoms with van der Waals surface area (Å²) < 4.78 is 1.07. The number of nitrogens with one attached hydrogen (secondary N) is 1. The Morgan fingerprint density at radius 1 is 1.16 bits per heavy atom. The molecule has 0 aromatic heterocycles. The highest BCUT2D eigenvalue weighted by Gasteiger charge is 2.46. The van der Waals surface area contributed by atoms with Gasteiger partial charge in [0.05, 0.1) is 12.6 Å². The third-order valence-corrected chi connectivity index (χ3v) is 7.79. The number of hydrogen-bond acceptors (Lipinski definition) is 4. The maximum Gasteiger partial charge on any atom is 0.242 e. The molecule has 2 aliphatic rings. The van der Waals surface area contributed by atoms with Gasteiger partial charge in [-0.15, -0.1) is 0 Å². The SMILES string of the molecule is CCC(C#N)(CC)C(=O)NCC(=O)N1CCN(C(=O)[C@@H]2C[C@H]2c2ccc(C)c(Br)c2)CC1. The second-order valence-electron chi connectivity index (χ2n) is 8.75. The van der Waals surface area contributed by atoms with Gasteiger partial charge in [-0.25, -0.2) is 0 Å². The summed E-state index contributed by atoms with van der Waals surface area (Å²) in [4.78, 5) is 41.4. The lowest BCUT2D eigenvalue weighted by atomic mass is 9.83. The Balaban J connectivity index is 1.46. The Morgan fingerprint density at radius 3 is 2.34 bits per heavy atom. The van der Waals surface area contributed by atoms with Gasteiger partial charge in [-0.2, -0.15) is 5.26 Å². The number of carbonyl (C=O) groups excluding carboxylic acids is 3. The molecule has 1 saturated heterocycles. The van der Waals surface area contributed by atoms with Crippen LogP contribution in [0.5, 0.6) is 0 Å². The summed E-state index contributed by atoms with van der Waals surface area (Å²) in [7, 11) is 0. The summed E-state index contributed by atoms with van der Waals surface area (Å²) in [6.07, 6.45) is 1.68. The lowest BCUT2D eigenvalue weighted by Crippen LogP contribution is -2.53. The summed E-state index contributed by atoms with van der Waals surface area (Å²) in [6.45, 7) is 7.44. The van der Waals surface area contributed by atoms with Crippen LogP contribution < -0.4 is 5.32 Å². The van der Waals surface area contributed by atoms with Gasteiger partial charge in [0.25, 0.3) is 0 Å². The molecule has 1 aliphatic heterocycles.